The van der Waals surface area contributed by atoms with Gasteiger partial charge < -0.3 is 29.5 Å². The summed E-state index contributed by atoms with van der Waals surface area (Å²) in [6.07, 6.45) is 3.32. The fraction of sp³-hybridized carbons (Fsp3) is 0.722. The Morgan fingerprint density at radius 2 is 2.13 bits per heavy atom. The second-order valence-electron chi connectivity index (χ2n) is 7.17. The molecule has 0 aliphatic carbocycles. The first-order chi connectivity index (χ1) is 14.7. The molecule has 3 atom stereocenters. The number of aliphatic hydroxyl groups is 1. The zero-order valence-corrected chi connectivity index (χ0v) is 20.3. The van der Waals surface area contributed by atoms with Gasteiger partial charge in [-0.3, -0.25) is 24.4 Å². The average molecular weight is 480 g/mol. The summed E-state index contributed by atoms with van der Waals surface area (Å²) in [5.41, 5.74) is 0.516. The van der Waals surface area contributed by atoms with Crippen LogP contribution in [0.1, 0.15) is 19.8 Å². The highest BCUT2D eigenvalue weighted by atomic mass is 32.7. The Morgan fingerprint density at radius 1 is 1.42 bits per heavy atom. The summed E-state index contributed by atoms with van der Waals surface area (Å²) in [5, 5.41) is 11.4. The van der Waals surface area contributed by atoms with Gasteiger partial charge in [0.1, 0.15) is 24.9 Å². The summed E-state index contributed by atoms with van der Waals surface area (Å²) in [5.74, 6) is 0.227. The molecule has 31 heavy (non-hydrogen) atoms. The van der Waals surface area contributed by atoms with Crippen molar-refractivity contribution in [3.8, 4) is 0 Å². The predicted molar refractivity (Wildman–Crippen MR) is 122 cm³/mol. The summed E-state index contributed by atoms with van der Waals surface area (Å²) in [4.78, 5) is 41.9. The number of allylic oxidation sites excluding steroid dienone is 1. The Kier molecular flexibility index (Phi) is 13.2. The van der Waals surface area contributed by atoms with E-state index >= 15 is 0 Å². The van der Waals surface area contributed by atoms with Crippen molar-refractivity contribution in [3.05, 3.63) is 11.4 Å². The molecule has 0 saturated carbocycles. The minimum absolute atomic E-state index is 0.192. The number of thiol groups is 1. The standard InChI is InChI=1S/C18H34N5O6PS/c1-14(9-24)18(22(4)13-21(3)8-7-20-16(26)10-25)23(12-19-2)17-6-5-15(29-17)11-28-30(27)31/h9,12,15,17,25,27,31H,5-8,10-11,13H2,1-4H3,(H,20,26)/b18-14+,19-12?. The number of ether oxygens (including phenoxy) is 1. The Morgan fingerprint density at radius 3 is 2.71 bits per heavy atom. The summed E-state index contributed by atoms with van der Waals surface area (Å²) in [7, 11) is 3.65. The SMILES string of the molecule is CN=CN(/C(=C(\C)C=O)N(C)CN(C)CCNC(=O)CO)C1CCC(COP(O)S)O1. The zero-order chi connectivity index (χ0) is 23.4. The van der Waals surface area contributed by atoms with Gasteiger partial charge in [0.15, 0.2) is 0 Å². The van der Waals surface area contributed by atoms with E-state index in [0.717, 1.165) is 12.7 Å². The third kappa shape index (κ3) is 9.82. The van der Waals surface area contributed by atoms with Crippen LogP contribution in [0.25, 0.3) is 0 Å². The van der Waals surface area contributed by atoms with Gasteiger partial charge in [0.25, 0.3) is 0 Å². The summed E-state index contributed by atoms with van der Waals surface area (Å²) in [6.45, 7) is 2.84. The van der Waals surface area contributed by atoms with Gasteiger partial charge >= 0.3 is 0 Å². The van der Waals surface area contributed by atoms with Crippen LogP contribution < -0.4 is 5.32 Å². The van der Waals surface area contributed by atoms with Crippen molar-refractivity contribution >= 4 is 38.4 Å². The largest absolute Gasteiger partial charge is 0.387 e. The molecular formula is C18H34N5O6PS. The van der Waals surface area contributed by atoms with Gasteiger partial charge in [-0.15, -0.1) is 0 Å². The van der Waals surface area contributed by atoms with Gasteiger partial charge in [-0.25, -0.2) is 0 Å². The van der Waals surface area contributed by atoms with Crippen LogP contribution in [0, 0.1) is 0 Å². The van der Waals surface area contributed by atoms with Crippen molar-refractivity contribution in [2.45, 2.75) is 32.1 Å². The maximum atomic E-state index is 11.6. The van der Waals surface area contributed by atoms with Gasteiger partial charge in [-0.05, 0) is 26.8 Å². The van der Waals surface area contributed by atoms with Crippen molar-refractivity contribution in [2.24, 2.45) is 4.99 Å². The molecule has 0 aromatic carbocycles. The van der Waals surface area contributed by atoms with E-state index in [0.29, 0.717) is 37.6 Å². The molecular weight excluding hydrogens is 445 g/mol. The Balaban J connectivity index is 2.86. The highest BCUT2D eigenvalue weighted by Crippen LogP contribution is 2.37. The number of rotatable bonds is 14. The highest BCUT2D eigenvalue weighted by Gasteiger charge is 2.33. The van der Waals surface area contributed by atoms with Gasteiger partial charge in [0, 0.05) is 32.8 Å². The van der Waals surface area contributed by atoms with Crippen LogP contribution in [0.4, 0.5) is 0 Å². The fourth-order valence-electron chi connectivity index (χ4n) is 3.25. The number of hydrogen-bond donors (Lipinski definition) is 4. The molecule has 0 aromatic heterocycles. The first-order valence-electron chi connectivity index (χ1n) is 9.83. The average Bonchev–Trinajstić information content (AvgIpc) is 3.20. The van der Waals surface area contributed by atoms with Crippen molar-refractivity contribution in [1.82, 2.24) is 20.0 Å². The van der Waals surface area contributed by atoms with E-state index < -0.39 is 20.1 Å². The molecule has 1 fully saturated rings. The van der Waals surface area contributed by atoms with Crippen molar-refractivity contribution in [1.29, 1.82) is 0 Å². The maximum absolute atomic E-state index is 11.6. The molecule has 1 aliphatic rings. The second kappa shape index (κ2) is 14.7. The third-order valence-corrected chi connectivity index (χ3v) is 5.29. The second-order valence-corrected chi connectivity index (χ2v) is 8.96. The lowest BCUT2D eigenvalue weighted by Crippen LogP contribution is -2.45. The first-order valence-corrected chi connectivity index (χ1v) is 12.2. The molecule has 0 spiro atoms. The summed E-state index contributed by atoms with van der Waals surface area (Å²) < 4.78 is 11.3. The van der Waals surface area contributed by atoms with Crippen molar-refractivity contribution in [3.63, 3.8) is 0 Å². The molecule has 178 valence electrons. The lowest BCUT2D eigenvalue weighted by Gasteiger charge is -2.37. The topological polar surface area (TPSA) is 127 Å². The van der Waals surface area contributed by atoms with Crippen LogP contribution in [-0.2, 0) is 18.8 Å². The number of aldehydes is 1. The molecule has 3 N–H and O–H groups in total. The normalized spacial score (nSPS) is 20.6. The molecule has 1 heterocycles. The molecule has 0 aromatic rings. The predicted octanol–water partition coefficient (Wildman–Crippen LogP) is -0.0228. The molecule has 0 bridgehead atoms. The van der Waals surface area contributed by atoms with Crippen molar-refractivity contribution in [2.75, 3.05) is 54.1 Å². The van der Waals surface area contributed by atoms with E-state index in [1.54, 1.807) is 20.3 Å². The lowest BCUT2D eigenvalue weighted by atomic mass is 10.2. The molecule has 1 saturated heterocycles. The van der Waals surface area contributed by atoms with Crippen LogP contribution in [0.15, 0.2) is 16.4 Å². The van der Waals surface area contributed by atoms with Crippen molar-refractivity contribution < 1.29 is 28.8 Å². The summed E-state index contributed by atoms with van der Waals surface area (Å²) >= 11 is 3.86. The van der Waals surface area contributed by atoms with E-state index in [9.17, 15) is 14.5 Å². The van der Waals surface area contributed by atoms with Crippen LogP contribution >= 0.6 is 19.8 Å². The number of carbonyl (C=O) groups excluding carboxylic acids is 2. The number of amides is 1. The molecule has 11 nitrogen and oxygen atoms in total. The quantitative estimate of drug-likeness (QED) is 0.0517. The van der Waals surface area contributed by atoms with E-state index in [4.69, 9.17) is 14.4 Å². The molecule has 0 radical (unpaired) electrons. The van der Waals surface area contributed by atoms with E-state index in [1.807, 2.05) is 28.8 Å². The molecule has 3 unspecified atom stereocenters. The van der Waals surface area contributed by atoms with E-state index in [2.05, 4.69) is 22.6 Å². The Labute approximate surface area is 190 Å². The maximum Gasteiger partial charge on any atom is 0.245 e. The molecule has 1 rings (SSSR count). The molecule has 1 aliphatic heterocycles. The molecule has 1 amide bonds. The van der Waals surface area contributed by atoms with Crippen LogP contribution in [-0.4, -0.2) is 110 Å². The fourth-order valence-corrected chi connectivity index (χ4v) is 3.75. The van der Waals surface area contributed by atoms with Gasteiger partial charge in [-0.1, -0.05) is 12.2 Å². The smallest absolute Gasteiger partial charge is 0.245 e. The number of likely N-dealkylation sites (N-methyl/N-ethyl adjacent to an activating group) is 1. The zero-order valence-electron chi connectivity index (χ0n) is 18.5. The minimum atomic E-state index is -1.74. The highest BCUT2D eigenvalue weighted by molar-refractivity contribution is 8.41. The van der Waals surface area contributed by atoms with E-state index in [1.165, 1.54) is 0 Å². The van der Waals surface area contributed by atoms with Gasteiger partial charge in [-0.2, -0.15) is 0 Å². The number of hydrogen-bond acceptors (Lipinski definition) is 10. The Hall–Kier alpha value is -1.27. The molecule has 13 heteroatoms. The van der Waals surface area contributed by atoms with Crippen LogP contribution in [0.5, 0.6) is 0 Å². The first kappa shape index (κ1) is 27.8. The minimum Gasteiger partial charge on any atom is -0.387 e. The number of carbonyl (C=O) groups is 2. The number of nitrogens with zero attached hydrogens (tertiary/aromatic N) is 4. The monoisotopic (exact) mass is 479 g/mol. The van der Waals surface area contributed by atoms with Crippen LogP contribution in [0.3, 0.4) is 0 Å². The Bertz CT molecular complexity index is 639. The number of nitrogens with one attached hydrogen (secondary N) is 1. The van der Waals surface area contributed by atoms with Crippen LogP contribution in [0.2, 0.25) is 0 Å². The van der Waals surface area contributed by atoms with Gasteiger partial charge in [0.05, 0.1) is 25.7 Å². The van der Waals surface area contributed by atoms with E-state index in [-0.39, 0.29) is 18.9 Å². The lowest BCUT2D eigenvalue weighted by molar-refractivity contribution is -0.123. The summed E-state index contributed by atoms with van der Waals surface area (Å²) in [6, 6.07) is 0. The third-order valence-electron chi connectivity index (χ3n) is 4.56. The number of aliphatic hydroxyl groups excluding tert-OH is 1. The van der Waals surface area contributed by atoms with Gasteiger partial charge in [0.2, 0.25) is 13.5 Å². The number of aliphatic imine (C=N–C) groups is 1.